The summed E-state index contributed by atoms with van der Waals surface area (Å²) in [5.74, 6) is 2.85. The van der Waals surface area contributed by atoms with Crippen molar-refractivity contribution in [3.63, 3.8) is 0 Å². The molecule has 9 heteroatoms. The summed E-state index contributed by atoms with van der Waals surface area (Å²) in [5.41, 5.74) is 2.38. The summed E-state index contributed by atoms with van der Waals surface area (Å²) in [6.07, 6.45) is 10.1. The van der Waals surface area contributed by atoms with Crippen LogP contribution in [0.25, 0.3) is 11.0 Å². The lowest BCUT2D eigenvalue weighted by Gasteiger charge is -2.23. The Kier molecular flexibility index (Phi) is 17.1. The van der Waals surface area contributed by atoms with E-state index < -0.39 is 0 Å². The quantitative estimate of drug-likeness (QED) is 0.273. The minimum absolute atomic E-state index is 0. The number of benzene rings is 1. The molecular formula is C28H50Cl3N5O. The maximum atomic E-state index is 6.18. The van der Waals surface area contributed by atoms with Gasteiger partial charge in [-0.05, 0) is 103 Å². The number of hydrogen-bond donors (Lipinski definition) is 1. The van der Waals surface area contributed by atoms with Gasteiger partial charge in [0.05, 0.1) is 17.6 Å². The monoisotopic (exact) mass is 577 g/mol. The van der Waals surface area contributed by atoms with Crippen molar-refractivity contribution >= 4 is 48.3 Å². The molecule has 1 aromatic carbocycles. The van der Waals surface area contributed by atoms with E-state index in [1.54, 1.807) is 0 Å². The zero-order chi connectivity index (χ0) is 23.6. The van der Waals surface area contributed by atoms with Gasteiger partial charge in [0, 0.05) is 25.1 Å². The Balaban J connectivity index is 0.00000228. The van der Waals surface area contributed by atoms with Gasteiger partial charge in [0.25, 0.3) is 0 Å². The van der Waals surface area contributed by atoms with Crippen molar-refractivity contribution in [2.75, 3.05) is 59.0 Å². The highest BCUT2D eigenvalue weighted by Crippen LogP contribution is 2.30. The molecule has 0 radical (unpaired) electrons. The smallest absolute Gasteiger partial charge is 0.121 e. The molecule has 1 aromatic heterocycles. The van der Waals surface area contributed by atoms with Gasteiger partial charge < -0.3 is 24.4 Å². The number of piperidine rings is 1. The van der Waals surface area contributed by atoms with Crippen LogP contribution in [0.1, 0.15) is 77.0 Å². The average molecular weight is 579 g/mol. The Morgan fingerprint density at radius 3 is 2.35 bits per heavy atom. The number of likely N-dealkylation sites (tertiary alicyclic amines) is 1. The Bertz CT molecular complexity index is 865. The number of halogens is 3. The number of nitrogens with one attached hydrogen (secondary N) is 1. The molecule has 0 atom stereocenters. The number of aryl methyl sites for hydroxylation is 1. The van der Waals surface area contributed by atoms with Crippen LogP contribution in [-0.2, 0) is 6.54 Å². The van der Waals surface area contributed by atoms with Crippen molar-refractivity contribution in [3.05, 3.63) is 24.0 Å². The zero-order valence-electron chi connectivity index (χ0n) is 23.0. The molecule has 1 N–H and O–H groups in total. The lowest BCUT2D eigenvalue weighted by atomic mass is 9.97. The van der Waals surface area contributed by atoms with Crippen molar-refractivity contribution in [1.29, 1.82) is 0 Å². The molecule has 0 bridgehead atoms. The highest BCUT2D eigenvalue weighted by Gasteiger charge is 2.22. The van der Waals surface area contributed by atoms with Crippen LogP contribution in [0, 0.1) is 0 Å². The van der Waals surface area contributed by atoms with Gasteiger partial charge in [-0.15, -0.1) is 37.2 Å². The second-order valence-corrected chi connectivity index (χ2v) is 10.1. The van der Waals surface area contributed by atoms with Gasteiger partial charge in [-0.2, -0.15) is 0 Å². The second-order valence-electron chi connectivity index (χ2n) is 10.1. The minimum atomic E-state index is 0. The molecule has 37 heavy (non-hydrogen) atoms. The molecule has 0 amide bonds. The van der Waals surface area contributed by atoms with E-state index in [0.717, 1.165) is 63.6 Å². The number of nitrogens with zero attached hydrogens (tertiary/aromatic N) is 4. The largest absolute Gasteiger partial charge is 0.493 e. The lowest BCUT2D eigenvalue weighted by Crippen LogP contribution is -2.28. The minimum Gasteiger partial charge on any atom is -0.493 e. The highest BCUT2D eigenvalue weighted by molar-refractivity contribution is 5.86. The zero-order valence-corrected chi connectivity index (χ0v) is 25.4. The first-order valence-corrected chi connectivity index (χ1v) is 14.1. The van der Waals surface area contributed by atoms with E-state index in [4.69, 9.17) is 9.72 Å². The Labute approximate surface area is 243 Å². The molecule has 2 aliphatic rings. The van der Waals surface area contributed by atoms with E-state index in [1.165, 1.54) is 75.9 Å². The molecule has 2 aliphatic heterocycles. The molecular weight excluding hydrogens is 529 g/mol. The third kappa shape index (κ3) is 10.1. The first-order valence-electron chi connectivity index (χ1n) is 14.1. The van der Waals surface area contributed by atoms with Gasteiger partial charge >= 0.3 is 0 Å². The van der Waals surface area contributed by atoms with Crippen LogP contribution >= 0.6 is 37.2 Å². The molecule has 0 unspecified atom stereocenters. The first kappa shape index (κ1) is 34.3. The van der Waals surface area contributed by atoms with Crippen molar-refractivity contribution < 1.29 is 4.74 Å². The van der Waals surface area contributed by atoms with Crippen LogP contribution in [0.4, 0.5) is 0 Å². The molecule has 3 heterocycles. The fraction of sp³-hybridized carbons (Fsp3) is 0.750. The molecule has 4 rings (SSSR count). The molecule has 2 saturated heterocycles. The summed E-state index contributed by atoms with van der Waals surface area (Å²) in [4.78, 5) is 10.2. The third-order valence-electron chi connectivity index (χ3n) is 7.79. The van der Waals surface area contributed by atoms with E-state index >= 15 is 0 Å². The maximum Gasteiger partial charge on any atom is 0.121 e. The Morgan fingerprint density at radius 1 is 0.946 bits per heavy atom. The highest BCUT2D eigenvalue weighted by atomic mass is 35.5. The van der Waals surface area contributed by atoms with Crippen LogP contribution in [0.15, 0.2) is 18.2 Å². The maximum absolute atomic E-state index is 6.18. The van der Waals surface area contributed by atoms with Crippen molar-refractivity contribution in [2.24, 2.45) is 0 Å². The predicted octanol–water partition coefficient (Wildman–Crippen LogP) is 6.15. The van der Waals surface area contributed by atoms with Crippen molar-refractivity contribution in [3.8, 4) is 5.75 Å². The molecule has 6 nitrogen and oxygen atoms in total. The van der Waals surface area contributed by atoms with E-state index in [1.807, 2.05) is 0 Å². The lowest BCUT2D eigenvalue weighted by molar-refractivity contribution is 0.249. The van der Waals surface area contributed by atoms with E-state index in [2.05, 4.69) is 51.7 Å². The molecule has 2 aromatic rings. The van der Waals surface area contributed by atoms with Crippen molar-refractivity contribution in [1.82, 2.24) is 24.7 Å². The number of hydrogen-bond acceptors (Lipinski definition) is 5. The summed E-state index contributed by atoms with van der Waals surface area (Å²) >= 11 is 0. The fourth-order valence-electron chi connectivity index (χ4n) is 5.64. The van der Waals surface area contributed by atoms with E-state index in [0.29, 0.717) is 5.92 Å². The van der Waals surface area contributed by atoms with Crippen LogP contribution in [0.3, 0.4) is 0 Å². The Hall–Kier alpha value is -0.760. The summed E-state index contributed by atoms with van der Waals surface area (Å²) < 4.78 is 8.71. The number of fused-ring (bicyclic) bond motifs is 1. The molecule has 2 fully saturated rings. The number of aromatic nitrogens is 2. The van der Waals surface area contributed by atoms with E-state index in [9.17, 15) is 0 Å². The van der Waals surface area contributed by atoms with Gasteiger partial charge in [-0.3, -0.25) is 0 Å². The second kappa shape index (κ2) is 18.5. The fourth-order valence-corrected chi connectivity index (χ4v) is 5.64. The summed E-state index contributed by atoms with van der Waals surface area (Å²) in [5, 5.41) is 3.51. The van der Waals surface area contributed by atoms with Crippen LogP contribution < -0.4 is 10.1 Å². The van der Waals surface area contributed by atoms with Crippen LogP contribution in [0.2, 0.25) is 0 Å². The standard InChI is InChI=1S/C28H47N5O.3ClH/c1-3-31(4-2)20-10-22-34-25-11-12-26-27(23-25)33(28(30-26)24-13-15-29-16-14-24)21-7-5-6-17-32-18-8-9-19-32;;;/h11-12,23-24,29H,3-10,13-22H2,1-2H3;3*1H. The molecule has 0 saturated carbocycles. The normalized spacial score (nSPS) is 16.4. The number of rotatable bonds is 14. The predicted molar refractivity (Wildman–Crippen MR) is 164 cm³/mol. The topological polar surface area (TPSA) is 45.6 Å². The van der Waals surface area contributed by atoms with Gasteiger partial charge in [0.2, 0.25) is 0 Å². The molecule has 214 valence electrons. The van der Waals surface area contributed by atoms with Gasteiger partial charge in [0.1, 0.15) is 11.6 Å². The third-order valence-corrected chi connectivity index (χ3v) is 7.79. The molecule has 0 aliphatic carbocycles. The van der Waals surface area contributed by atoms with Gasteiger partial charge in [0.15, 0.2) is 0 Å². The van der Waals surface area contributed by atoms with Gasteiger partial charge in [-0.25, -0.2) is 4.98 Å². The number of unbranched alkanes of at least 4 members (excludes halogenated alkanes) is 2. The summed E-state index contributed by atoms with van der Waals surface area (Å²) in [7, 11) is 0. The molecule has 0 spiro atoms. The summed E-state index contributed by atoms with van der Waals surface area (Å²) in [6.45, 7) is 15.7. The van der Waals surface area contributed by atoms with E-state index in [-0.39, 0.29) is 37.2 Å². The summed E-state index contributed by atoms with van der Waals surface area (Å²) in [6, 6.07) is 6.53. The average Bonchev–Trinajstić information content (AvgIpc) is 3.52. The van der Waals surface area contributed by atoms with Crippen LogP contribution in [0.5, 0.6) is 5.75 Å². The number of ether oxygens (including phenoxy) is 1. The first-order chi connectivity index (χ1) is 16.8. The van der Waals surface area contributed by atoms with Crippen LogP contribution in [-0.4, -0.2) is 78.3 Å². The number of imidazole rings is 1. The SMILES string of the molecule is CCN(CC)CCCOc1ccc2nc(C3CCNCC3)n(CCCCCN3CCCC3)c2c1.Cl.Cl.Cl. The van der Waals surface area contributed by atoms with Crippen molar-refractivity contribution in [2.45, 2.75) is 77.7 Å². The Morgan fingerprint density at radius 2 is 1.65 bits per heavy atom. The van der Waals surface area contributed by atoms with Gasteiger partial charge in [-0.1, -0.05) is 20.3 Å².